The van der Waals surface area contributed by atoms with E-state index in [9.17, 15) is 4.79 Å². The smallest absolute Gasteiger partial charge is 0.277 e. The molecule has 2 aliphatic heterocycles. The Balaban J connectivity index is 1.18. The summed E-state index contributed by atoms with van der Waals surface area (Å²) in [7, 11) is 0. The number of morpholine rings is 1. The number of amides is 1. The summed E-state index contributed by atoms with van der Waals surface area (Å²) < 4.78 is 21.8. The van der Waals surface area contributed by atoms with Gasteiger partial charge in [-0.2, -0.15) is 0 Å². The maximum atomic E-state index is 12.6. The molecule has 0 bridgehead atoms. The van der Waals surface area contributed by atoms with Gasteiger partial charge in [-0.15, -0.1) is 10.2 Å². The first-order chi connectivity index (χ1) is 15.7. The fourth-order valence-electron chi connectivity index (χ4n) is 3.43. The number of hydrogen-bond donors (Lipinski definition) is 1. The zero-order valence-corrected chi connectivity index (χ0v) is 18.3. The number of anilines is 2. The van der Waals surface area contributed by atoms with Crippen molar-refractivity contribution in [3.05, 3.63) is 42.5 Å². The van der Waals surface area contributed by atoms with E-state index in [4.69, 9.17) is 18.6 Å². The van der Waals surface area contributed by atoms with E-state index in [0.29, 0.717) is 22.6 Å². The Bertz CT molecular complexity index is 1100. The van der Waals surface area contributed by atoms with E-state index in [1.54, 1.807) is 19.1 Å². The lowest BCUT2D eigenvalue weighted by Crippen LogP contribution is -2.36. The number of aromatic nitrogens is 2. The molecule has 1 saturated heterocycles. The third-order valence-corrected chi connectivity index (χ3v) is 6.12. The molecule has 0 unspecified atom stereocenters. The molecule has 0 aliphatic carbocycles. The molecule has 166 valence electrons. The molecule has 3 heterocycles. The quantitative estimate of drug-likeness (QED) is 0.562. The minimum Gasteiger partial charge on any atom is -0.454 e. The Morgan fingerprint density at radius 1 is 1.06 bits per heavy atom. The van der Waals surface area contributed by atoms with Crippen LogP contribution >= 0.6 is 11.8 Å². The highest BCUT2D eigenvalue weighted by Crippen LogP contribution is 2.36. The van der Waals surface area contributed by atoms with Gasteiger partial charge in [0.2, 0.25) is 18.6 Å². The first-order valence-electron chi connectivity index (χ1n) is 10.3. The van der Waals surface area contributed by atoms with E-state index < -0.39 is 5.25 Å². The summed E-state index contributed by atoms with van der Waals surface area (Å²) >= 11 is 1.21. The second-order valence-electron chi connectivity index (χ2n) is 7.34. The van der Waals surface area contributed by atoms with Crippen LogP contribution in [0.25, 0.3) is 11.5 Å². The number of nitrogens with one attached hydrogen (secondary N) is 1. The van der Waals surface area contributed by atoms with Crippen molar-refractivity contribution < 1.29 is 23.4 Å². The van der Waals surface area contributed by atoms with Gasteiger partial charge in [0.15, 0.2) is 11.5 Å². The van der Waals surface area contributed by atoms with Crippen molar-refractivity contribution in [2.45, 2.75) is 17.4 Å². The molecule has 3 aromatic rings. The van der Waals surface area contributed by atoms with Crippen molar-refractivity contribution in [2.24, 2.45) is 0 Å². The van der Waals surface area contributed by atoms with Gasteiger partial charge >= 0.3 is 0 Å². The van der Waals surface area contributed by atoms with E-state index in [2.05, 4.69) is 20.4 Å². The fourth-order valence-corrected chi connectivity index (χ4v) is 4.11. The minimum absolute atomic E-state index is 0.142. The topological polar surface area (TPSA) is 99.0 Å². The molecule has 2 aromatic carbocycles. The molecule has 5 rings (SSSR count). The van der Waals surface area contributed by atoms with E-state index in [1.807, 2.05) is 30.3 Å². The van der Waals surface area contributed by atoms with E-state index in [1.165, 1.54) is 11.8 Å². The van der Waals surface area contributed by atoms with Gasteiger partial charge < -0.3 is 28.8 Å². The maximum Gasteiger partial charge on any atom is 0.277 e. The average Bonchev–Trinajstić information content (AvgIpc) is 3.49. The summed E-state index contributed by atoms with van der Waals surface area (Å²) in [5.74, 6) is 1.54. The molecule has 1 fully saturated rings. The number of thioether (sulfide) groups is 1. The average molecular weight is 455 g/mol. The largest absolute Gasteiger partial charge is 0.454 e. The molecule has 1 amide bonds. The molecule has 1 atom stereocenters. The van der Waals surface area contributed by atoms with Crippen LogP contribution < -0.4 is 19.7 Å². The third kappa shape index (κ3) is 4.51. The number of nitrogens with zero attached hydrogens (tertiary/aromatic N) is 3. The van der Waals surface area contributed by atoms with Crippen LogP contribution in [-0.4, -0.2) is 54.5 Å². The molecular formula is C22H22N4O5S. The molecule has 0 saturated carbocycles. The molecule has 32 heavy (non-hydrogen) atoms. The highest BCUT2D eigenvalue weighted by molar-refractivity contribution is 8.00. The normalized spacial score (nSPS) is 16.1. The first-order valence-corrected chi connectivity index (χ1v) is 11.2. The van der Waals surface area contributed by atoms with Crippen molar-refractivity contribution in [1.82, 2.24) is 10.2 Å². The zero-order chi connectivity index (χ0) is 21.9. The van der Waals surface area contributed by atoms with Gasteiger partial charge in [0, 0.05) is 30.0 Å². The number of benzene rings is 2. The predicted molar refractivity (Wildman–Crippen MR) is 119 cm³/mol. The zero-order valence-electron chi connectivity index (χ0n) is 17.4. The third-order valence-electron chi connectivity index (χ3n) is 5.18. The van der Waals surface area contributed by atoms with Crippen molar-refractivity contribution in [3.8, 4) is 23.0 Å². The molecule has 0 spiro atoms. The second-order valence-corrected chi connectivity index (χ2v) is 8.63. The van der Waals surface area contributed by atoms with Crippen molar-refractivity contribution in [1.29, 1.82) is 0 Å². The van der Waals surface area contributed by atoms with Crippen LogP contribution in [0.4, 0.5) is 11.4 Å². The van der Waals surface area contributed by atoms with Gasteiger partial charge in [-0.25, -0.2) is 0 Å². The highest BCUT2D eigenvalue weighted by Gasteiger charge is 2.21. The van der Waals surface area contributed by atoms with Gasteiger partial charge in [-0.3, -0.25) is 4.79 Å². The number of hydrogen-bond acceptors (Lipinski definition) is 9. The number of carbonyl (C=O) groups is 1. The highest BCUT2D eigenvalue weighted by atomic mass is 32.2. The van der Waals surface area contributed by atoms with Crippen LogP contribution in [-0.2, 0) is 9.53 Å². The van der Waals surface area contributed by atoms with Crippen LogP contribution in [0.3, 0.4) is 0 Å². The van der Waals surface area contributed by atoms with Gasteiger partial charge in [0.05, 0.1) is 18.5 Å². The Labute approximate surface area is 189 Å². The number of carbonyl (C=O) groups excluding carboxylic acids is 1. The minimum atomic E-state index is -0.418. The second kappa shape index (κ2) is 9.09. The van der Waals surface area contributed by atoms with E-state index in [-0.39, 0.29) is 12.7 Å². The standard InChI is InChI=1S/C22H22N4O5S/c1-14(20(27)23-16-3-5-17(6-4-16)26-8-10-28-11-9-26)32-22-25-24-21(31-22)15-2-7-18-19(12-15)30-13-29-18/h2-7,12,14H,8-11,13H2,1H3,(H,23,27)/t14-/m1/s1. The summed E-state index contributed by atoms with van der Waals surface area (Å²) in [4.78, 5) is 14.9. The van der Waals surface area contributed by atoms with Crippen LogP contribution in [0.2, 0.25) is 0 Å². The molecule has 9 nitrogen and oxygen atoms in total. The summed E-state index contributed by atoms with van der Waals surface area (Å²) in [5.41, 5.74) is 2.59. The SMILES string of the molecule is C[C@@H](Sc1nnc(-c2ccc3c(c2)OCO3)o1)C(=O)Nc1ccc(N2CCOCC2)cc1. The summed E-state index contributed by atoms with van der Waals surface area (Å²) in [6.07, 6.45) is 0. The van der Waals surface area contributed by atoms with Crippen molar-refractivity contribution in [2.75, 3.05) is 43.3 Å². The number of fused-ring (bicyclic) bond motifs is 1. The molecule has 10 heteroatoms. The van der Waals surface area contributed by atoms with E-state index >= 15 is 0 Å². The molecule has 0 radical (unpaired) electrons. The lowest BCUT2D eigenvalue weighted by Gasteiger charge is -2.28. The van der Waals surface area contributed by atoms with Gasteiger partial charge in [-0.05, 0) is 49.4 Å². The molecule has 1 aromatic heterocycles. The van der Waals surface area contributed by atoms with Crippen LogP contribution in [0.1, 0.15) is 6.92 Å². The summed E-state index contributed by atoms with van der Waals surface area (Å²) in [6.45, 7) is 5.22. The Morgan fingerprint density at radius 3 is 2.66 bits per heavy atom. The number of ether oxygens (including phenoxy) is 3. The summed E-state index contributed by atoms with van der Waals surface area (Å²) in [5, 5.41) is 11.0. The predicted octanol–water partition coefficient (Wildman–Crippen LogP) is 3.42. The Morgan fingerprint density at radius 2 is 1.84 bits per heavy atom. The van der Waals surface area contributed by atoms with Crippen molar-refractivity contribution in [3.63, 3.8) is 0 Å². The molecule has 2 aliphatic rings. The Kier molecular flexibility index (Phi) is 5.87. The molecular weight excluding hydrogens is 432 g/mol. The lowest BCUT2D eigenvalue weighted by atomic mass is 10.2. The maximum absolute atomic E-state index is 12.6. The van der Waals surface area contributed by atoms with Crippen LogP contribution in [0.5, 0.6) is 11.5 Å². The molecule has 1 N–H and O–H groups in total. The van der Waals surface area contributed by atoms with Gasteiger partial charge in [0.1, 0.15) is 0 Å². The monoisotopic (exact) mass is 454 g/mol. The first kappa shape index (κ1) is 20.7. The lowest BCUT2D eigenvalue weighted by molar-refractivity contribution is -0.115. The van der Waals surface area contributed by atoms with Gasteiger partial charge in [-0.1, -0.05) is 11.8 Å². The van der Waals surface area contributed by atoms with Crippen LogP contribution in [0.15, 0.2) is 52.1 Å². The van der Waals surface area contributed by atoms with Gasteiger partial charge in [0.25, 0.3) is 5.22 Å². The van der Waals surface area contributed by atoms with Crippen molar-refractivity contribution >= 4 is 29.0 Å². The van der Waals surface area contributed by atoms with Crippen LogP contribution in [0, 0.1) is 0 Å². The fraction of sp³-hybridized carbons (Fsp3) is 0.318. The number of rotatable bonds is 6. The summed E-state index contributed by atoms with van der Waals surface area (Å²) in [6, 6.07) is 13.3. The Hall–Kier alpha value is -3.24. The van der Waals surface area contributed by atoms with E-state index in [0.717, 1.165) is 43.2 Å².